The number of hydrogen-bond acceptors (Lipinski definition) is 11. The molecule has 0 unspecified atom stereocenters. The second-order valence-corrected chi connectivity index (χ2v) is 14.0. The standard InChI is InChI=1S/C23H26N4O3.C19H20N4O/c1-3-12-30-23(29)24-16-10-11-27(14-16)22-17-9-8-15(2)13-19(17)25-21(26-22)18-6-4-5-7-20(18)28;1-12-6-7-14-16(10-12)21-18(15-4-2-3-5-17(15)24)22-19(14)23-9-8-13(20)11-23/h4-9,13,16,28H,3,10-12,14H2,1-2H3,(H,24,29);2-7,10,13,24H,8-9,11,20H2,1H3/t16-;13-/m11/s1. The van der Waals surface area contributed by atoms with E-state index in [1.54, 1.807) is 24.3 Å². The molecule has 2 saturated heterocycles. The van der Waals surface area contributed by atoms with Crippen LogP contribution in [0.3, 0.4) is 0 Å². The molecule has 2 fully saturated rings. The SMILES string of the molecule is CCCOC(=O)N[C@@H]1CCN(c2nc(-c3ccccc3O)nc3cc(C)ccc23)C1.Cc1ccc2c(N3CC[C@@H](N)C3)nc(-c3ccccc3O)nc2c1. The number of carbonyl (C=O) groups excluding carboxylic acids is 1. The van der Waals surface area contributed by atoms with Crippen molar-refractivity contribution >= 4 is 39.5 Å². The van der Waals surface area contributed by atoms with E-state index in [0.717, 1.165) is 83.5 Å². The van der Waals surface area contributed by atoms with Crippen LogP contribution in [0.5, 0.6) is 11.5 Å². The van der Waals surface area contributed by atoms with E-state index >= 15 is 0 Å². The first-order valence-electron chi connectivity index (χ1n) is 18.5. The van der Waals surface area contributed by atoms with Gasteiger partial charge in [-0.15, -0.1) is 0 Å². The average Bonchev–Trinajstić information content (AvgIpc) is 3.82. The fourth-order valence-electron chi connectivity index (χ4n) is 6.95. The molecule has 4 heterocycles. The van der Waals surface area contributed by atoms with Gasteiger partial charge < -0.3 is 35.8 Å². The number of nitrogens with one attached hydrogen (secondary N) is 1. The highest BCUT2D eigenvalue weighted by Crippen LogP contribution is 2.35. The van der Waals surface area contributed by atoms with Gasteiger partial charge in [0.25, 0.3) is 0 Å². The summed E-state index contributed by atoms with van der Waals surface area (Å²) in [4.78, 5) is 35.3. The van der Waals surface area contributed by atoms with Crippen LogP contribution in [-0.4, -0.2) is 81.1 Å². The Bertz CT molecular complexity index is 2300. The van der Waals surface area contributed by atoms with Gasteiger partial charge >= 0.3 is 6.09 Å². The van der Waals surface area contributed by atoms with E-state index in [0.29, 0.717) is 35.9 Å². The number of aromatic nitrogens is 4. The Labute approximate surface area is 314 Å². The molecule has 2 atom stereocenters. The number of benzene rings is 4. The third-order valence-electron chi connectivity index (χ3n) is 9.73. The maximum Gasteiger partial charge on any atom is 0.407 e. The number of hydrogen-bond donors (Lipinski definition) is 4. The summed E-state index contributed by atoms with van der Waals surface area (Å²) in [6.07, 6.45) is 2.20. The van der Waals surface area contributed by atoms with Crippen LogP contribution in [-0.2, 0) is 4.74 Å². The van der Waals surface area contributed by atoms with Crippen molar-refractivity contribution < 1.29 is 19.7 Å². The Kier molecular flexibility index (Phi) is 10.7. The smallest absolute Gasteiger partial charge is 0.407 e. The number of ether oxygens (including phenoxy) is 1. The van der Waals surface area contributed by atoms with E-state index < -0.39 is 0 Å². The van der Waals surface area contributed by atoms with Gasteiger partial charge in [-0.2, -0.15) is 0 Å². The quantitative estimate of drug-likeness (QED) is 0.136. The Morgan fingerprint density at radius 1 is 0.759 bits per heavy atom. The lowest BCUT2D eigenvalue weighted by molar-refractivity contribution is 0.143. The monoisotopic (exact) mass is 726 g/mol. The van der Waals surface area contributed by atoms with E-state index in [1.165, 1.54) is 0 Å². The molecule has 0 spiro atoms. The number of carbonyl (C=O) groups is 1. The molecule has 6 aromatic rings. The predicted octanol–water partition coefficient (Wildman–Crippen LogP) is 6.87. The molecule has 5 N–H and O–H groups in total. The Morgan fingerprint density at radius 2 is 1.28 bits per heavy atom. The number of nitrogens with two attached hydrogens (primary N) is 1. The lowest BCUT2D eigenvalue weighted by Gasteiger charge is -2.21. The van der Waals surface area contributed by atoms with Gasteiger partial charge in [-0.3, -0.25) is 0 Å². The molecule has 0 saturated carbocycles. The molecule has 8 rings (SSSR count). The summed E-state index contributed by atoms with van der Waals surface area (Å²) < 4.78 is 5.15. The summed E-state index contributed by atoms with van der Waals surface area (Å²) in [5.74, 6) is 3.07. The van der Waals surface area contributed by atoms with Crippen molar-refractivity contribution in [2.45, 2.75) is 52.1 Å². The number of nitrogens with zero attached hydrogens (tertiary/aromatic N) is 6. The molecule has 1 amide bonds. The number of phenols is 2. The number of aryl methyl sites for hydroxylation is 2. The van der Waals surface area contributed by atoms with Crippen molar-refractivity contribution in [3.05, 3.63) is 96.1 Å². The molecule has 54 heavy (non-hydrogen) atoms. The molecule has 2 aromatic heterocycles. The number of para-hydroxylation sites is 2. The van der Waals surface area contributed by atoms with Gasteiger partial charge in [0.1, 0.15) is 23.1 Å². The Hall–Kier alpha value is -6.01. The van der Waals surface area contributed by atoms with Gasteiger partial charge in [-0.1, -0.05) is 43.3 Å². The first kappa shape index (κ1) is 36.4. The minimum absolute atomic E-state index is 0.00148. The second kappa shape index (κ2) is 15.9. The fourth-order valence-corrected chi connectivity index (χ4v) is 6.95. The van der Waals surface area contributed by atoms with E-state index in [2.05, 4.69) is 38.3 Å². The molecule has 12 nitrogen and oxygen atoms in total. The fraction of sp³-hybridized carbons (Fsp3) is 0.310. The zero-order chi connectivity index (χ0) is 37.8. The minimum atomic E-state index is -0.373. The molecule has 0 radical (unpaired) electrons. The van der Waals surface area contributed by atoms with Gasteiger partial charge in [-0.05, 0) is 92.8 Å². The van der Waals surface area contributed by atoms with Crippen LogP contribution < -0.4 is 20.9 Å². The van der Waals surface area contributed by atoms with Crippen LogP contribution in [0.2, 0.25) is 0 Å². The summed E-state index contributed by atoms with van der Waals surface area (Å²) in [7, 11) is 0. The molecule has 2 aliphatic heterocycles. The number of amides is 1. The topological polar surface area (TPSA) is 163 Å². The van der Waals surface area contributed by atoms with Crippen LogP contribution in [0, 0.1) is 13.8 Å². The van der Waals surface area contributed by atoms with Gasteiger partial charge in [0, 0.05) is 43.0 Å². The molecule has 2 aliphatic rings. The van der Waals surface area contributed by atoms with Crippen molar-refractivity contribution in [1.82, 2.24) is 25.3 Å². The van der Waals surface area contributed by atoms with Gasteiger partial charge in [0.2, 0.25) is 0 Å². The lowest BCUT2D eigenvalue weighted by Crippen LogP contribution is -2.37. The maximum atomic E-state index is 11.9. The zero-order valence-electron chi connectivity index (χ0n) is 30.9. The predicted molar refractivity (Wildman–Crippen MR) is 213 cm³/mol. The molecule has 4 aromatic carbocycles. The summed E-state index contributed by atoms with van der Waals surface area (Å²) in [5, 5.41) is 25.4. The van der Waals surface area contributed by atoms with Crippen molar-refractivity contribution in [3.63, 3.8) is 0 Å². The van der Waals surface area contributed by atoms with Crippen molar-refractivity contribution in [1.29, 1.82) is 0 Å². The van der Waals surface area contributed by atoms with Crippen molar-refractivity contribution in [2.75, 3.05) is 42.6 Å². The number of rotatable bonds is 7. The highest BCUT2D eigenvalue weighted by molar-refractivity contribution is 5.93. The third kappa shape index (κ3) is 7.98. The number of alkyl carbamates (subject to hydrolysis) is 1. The van der Waals surface area contributed by atoms with Crippen LogP contribution in [0.15, 0.2) is 84.9 Å². The van der Waals surface area contributed by atoms with E-state index in [4.69, 9.17) is 25.4 Å². The van der Waals surface area contributed by atoms with Crippen molar-refractivity contribution in [2.24, 2.45) is 5.73 Å². The number of phenolic OH excluding ortho intramolecular Hbond substituents is 2. The Morgan fingerprint density at radius 3 is 1.78 bits per heavy atom. The zero-order valence-corrected chi connectivity index (χ0v) is 30.9. The third-order valence-corrected chi connectivity index (χ3v) is 9.73. The number of anilines is 2. The summed E-state index contributed by atoms with van der Waals surface area (Å²) in [6, 6.07) is 26.7. The first-order valence-corrected chi connectivity index (χ1v) is 18.5. The number of fused-ring (bicyclic) bond motifs is 2. The van der Waals surface area contributed by atoms with Gasteiger partial charge in [0.05, 0.1) is 34.8 Å². The second-order valence-electron chi connectivity index (χ2n) is 14.0. The van der Waals surface area contributed by atoms with E-state index in [-0.39, 0.29) is 29.7 Å². The van der Waals surface area contributed by atoms with Crippen LogP contribution >= 0.6 is 0 Å². The normalized spacial score (nSPS) is 16.7. The first-order chi connectivity index (χ1) is 26.2. The summed E-state index contributed by atoms with van der Waals surface area (Å²) in [6.45, 7) is 9.55. The molecular formula is C42H46N8O4. The molecule has 0 aliphatic carbocycles. The van der Waals surface area contributed by atoms with E-state index in [9.17, 15) is 15.0 Å². The Balaban J connectivity index is 0.000000171. The van der Waals surface area contributed by atoms with Gasteiger partial charge in [0.15, 0.2) is 11.6 Å². The molecule has 0 bridgehead atoms. The van der Waals surface area contributed by atoms with Crippen LogP contribution in [0.1, 0.15) is 37.3 Å². The highest BCUT2D eigenvalue weighted by Gasteiger charge is 2.28. The van der Waals surface area contributed by atoms with E-state index in [1.807, 2.05) is 63.2 Å². The average molecular weight is 727 g/mol. The highest BCUT2D eigenvalue weighted by atomic mass is 16.5. The largest absolute Gasteiger partial charge is 0.507 e. The van der Waals surface area contributed by atoms with Crippen LogP contribution in [0.25, 0.3) is 44.6 Å². The molecule has 278 valence electrons. The number of aromatic hydroxyl groups is 2. The van der Waals surface area contributed by atoms with Crippen LogP contribution in [0.4, 0.5) is 16.4 Å². The minimum Gasteiger partial charge on any atom is -0.507 e. The molecule has 12 heteroatoms. The lowest BCUT2D eigenvalue weighted by atomic mass is 10.1. The summed E-state index contributed by atoms with van der Waals surface area (Å²) >= 11 is 0. The van der Waals surface area contributed by atoms with Gasteiger partial charge in [-0.25, -0.2) is 24.7 Å². The summed E-state index contributed by atoms with van der Waals surface area (Å²) in [5.41, 5.74) is 11.3. The van der Waals surface area contributed by atoms with Crippen molar-refractivity contribution in [3.8, 4) is 34.3 Å². The maximum absolute atomic E-state index is 11.9. The molecular weight excluding hydrogens is 681 g/mol.